The Balaban J connectivity index is 2.26. The van der Waals surface area contributed by atoms with Crippen LogP contribution in [-0.4, -0.2) is 29.1 Å². The predicted octanol–water partition coefficient (Wildman–Crippen LogP) is 1.12. The minimum atomic E-state index is -0.773. The molecule has 0 bridgehead atoms. The SMILES string of the molecule is O=C(O)C1CNCC1c1cncc(Cl)c1. The molecule has 2 heterocycles. The molecular formula is C10H11ClN2O2. The fraction of sp³-hybridized carbons (Fsp3) is 0.400. The first kappa shape index (κ1) is 10.4. The Hall–Kier alpha value is -1.13. The van der Waals surface area contributed by atoms with Crippen LogP contribution in [0.1, 0.15) is 11.5 Å². The van der Waals surface area contributed by atoms with Crippen molar-refractivity contribution in [2.75, 3.05) is 13.1 Å². The van der Waals surface area contributed by atoms with Gasteiger partial charge in [0.05, 0.1) is 10.9 Å². The van der Waals surface area contributed by atoms with E-state index in [1.54, 1.807) is 18.5 Å². The number of carbonyl (C=O) groups is 1. The summed E-state index contributed by atoms with van der Waals surface area (Å²) in [6.45, 7) is 1.17. The third-order valence-corrected chi connectivity index (χ3v) is 2.89. The lowest BCUT2D eigenvalue weighted by molar-refractivity contribution is -0.141. The number of halogens is 1. The Labute approximate surface area is 92.3 Å². The topological polar surface area (TPSA) is 62.2 Å². The highest BCUT2D eigenvalue weighted by molar-refractivity contribution is 6.30. The molecule has 15 heavy (non-hydrogen) atoms. The number of nitrogens with zero attached hydrogens (tertiary/aromatic N) is 1. The third kappa shape index (κ3) is 2.11. The first-order valence-electron chi connectivity index (χ1n) is 4.72. The molecule has 2 N–H and O–H groups in total. The molecule has 1 aromatic heterocycles. The van der Waals surface area contributed by atoms with E-state index in [0.717, 1.165) is 5.56 Å². The number of hydrogen-bond donors (Lipinski definition) is 2. The molecule has 0 aromatic carbocycles. The van der Waals surface area contributed by atoms with Crippen LogP contribution in [0.3, 0.4) is 0 Å². The van der Waals surface area contributed by atoms with Gasteiger partial charge in [0.1, 0.15) is 0 Å². The summed E-state index contributed by atoms with van der Waals surface area (Å²) in [5.74, 6) is -1.19. The Morgan fingerprint density at radius 3 is 3.00 bits per heavy atom. The zero-order chi connectivity index (χ0) is 10.8. The number of rotatable bonds is 2. The number of aromatic nitrogens is 1. The molecule has 80 valence electrons. The zero-order valence-corrected chi connectivity index (χ0v) is 8.74. The maximum Gasteiger partial charge on any atom is 0.308 e. The molecule has 1 fully saturated rings. The zero-order valence-electron chi connectivity index (χ0n) is 7.98. The highest BCUT2D eigenvalue weighted by Crippen LogP contribution is 2.28. The molecule has 2 unspecified atom stereocenters. The van der Waals surface area contributed by atoms with Crippen LogP contribution in [0, 0.1) is 5.92 Å². The van der Waals surface area contributed by atoms with Gasteiger partial charge in [-0.2, -0.15) is 0 Å². The van der Waals surface area contributed by atoms with E-state index < -0.39 is 5.97 Å². The van der Waals surface area contributed by atoms with Crippen LogP contribution in [-0.2, 0) is 4.79 Å². The molecule has 5 heteroatoms. The van der Waals surface area contributed by atoms with Crippen molar-refractivity contribution in [1.82, 2.24) is 10.3 Å². The van der Waals surface area contributed by atoms with Crippen molar-refractivity contribution in [1.29, 1.82) is 0 Å². The number of pyridine rings is 1. The van der Waals surface area contributed by atoms with Crippen molar-refractivity contribution in [3.63, 3.8) is 0 Å². The van der Waals surface area contributed by atoms with Gasteiger partial charge in [0.15, 0.2) is 0 Å². The average Bonchev–Trinajstić information content (AvgIpc) is 2.65. The summed E-state index contributed by atoms with van der Waals surface area (Å²) in [5.41, 5.74) is 0.889. The van der Waals surface area contributed by atoms with Gasteiger partial charge >= 0.3 is 5.97 Å². The second kappa shape index (κ2) is 4.16. The Morgan fingerprint density at radius 1 is 1.53 bits per heavy atom. The van der Waals surface area contributed by atoms with Gasteiger partial charge < -0.3 is 10.4 Å². The first-order chi connectivity index (χ1) is 7.18. The summed E-state index contributed by atoms with van der Waals surface area (Å²) < 4.78 is 0. The maximum atomic E-state index is 11.0. The molecule has 0 aliphatic carbocycles. The van der Waals surface area contributed by atoms with Crippen LogP contribution < -0.4 is 5.32 Å². The largest absolute Gasteiger partial charge is 0.481 e. The van der Waals surface area contributed by atoms with E-state index in [9.17, 15) is 4.79 Å². The summed E-state index contributed by atoms with van der Waals surface area (Å²) in [7, 11) is 0. The highest BCUT2D eigenvalue weighted by Gasteiger charge is 2.33. The van der Waals surface area contributed by atoms with Crippen LogP contribution in [0.4, 0.5) is 0 Å². The second-order valence-corrected chi connectivity index (χ2v) is 4.08. The summed E-state index contributed by atoms with van der Waals surface area (Å²) in [4.78, 5) is 14.9. The number of nitrogens with one attached hydrogen (secondary N) is 1. The van der Waals surface area contributed by atoms with Crippen LogP contribution in [0.5, 0.6) is 0 Å². The predicted molar refractivity (Wildman–Crippen MR) is 56.0 cm³/mol. The van der Waals surface area contributed by atoms with Gasteiger partial charge in [0.2, 0.25) is 0 Å². The molecule has 1 saturated heterocycles. The van der Waals surface area contributed by atoms with Gasteiger partial charge in [-0.15, -0.1) is 0 Å². The van der Waals surface area contributed by atoms with Crippen molar-refractivity contribution in [3.05, 3.63) is 29.0 Å². The minimum Gasteiger partial charge on any atom is -0.481 e. The molecule has 1 aliphatic rings. The smallest absolute Gasteiger partial charge is 0.308 e. The maximum absolute atomic E-state index is 11.0. The Kier molecular flexibility index (Phi) is 2.88. The lowest BCUT2D eigenvalue weighted by Gasteiger charge is -2.14. The van der Waals surface area contributed by atoms with E-state index in [4.69, 9.17) is 16.7 Å². The lowest BCUT2D eigenvalue weighted by atomic mass is 9.90. The van der Waals surface area contributed by atoms with Gasteiger partial charge in [-0.1, -0.05) is 11.6 Å². The molecule has 0 saturated carbocycles. The number of hydrogen-bond acceptors (Lipinski definition) is 3. The summed E-state index contributed by atoms with van der Waals surface area (Å²) in [6, 6.07) is 1.78. The standard InChI is InChI=1S/C10H11ClN2O2/c11-7-1-6(2-12-3-7)8-4-13-5-9(8)10(14)15/h1-3,8-9,13H,4-5H2,(H,14,15). The molecule has 4 nitrogen and oxygen atoms in total. The molecular weight excluding hydrogens is 216 g/mol. The van der Waals surface area contributed by atoms with Crippen molar-refractivity contribution in [2.24, 2.45) is 5.92 Å². The quantitative estimate of drug-likeness (QED) is 0.794. The number of aliphatic carboxylic acids is 1. The summed E-state index contributed by atoms with van der Waals surface area (Å²) >= 11 is 5.82. The fourth-order valence-corrected chi connectivity index (χ4v) is 2.10. The molecule has 0 radical (unpaired) electrons. The van der Waals surface area contributed by atoms with E-state index in [2.05, 4.69) is 10.3 Å². The van der Waals surface area contributed by atoms with Crippen LogP contribution in [0.2, 0.25) is 5.02 Å². The third-order valence-electron chi connectivity index (χ3n) is 2.69. The highest BCUT2D eigenvalue weighted by atomic mass is 35.5. The van der Waals surface area contributed by atoms with Crippen LogP contribution in [0.25, 0.3) is 0 Å². The Morgan fingerprint density at radius 2 is 2.33 bits per heavy atom. The van der Waals surface area contributed by atoms with Crippen LogP contribution in [0.15, 0.2) is 18.5 Å². The van der Waals surface area contributed by atoms with Gasteiger partial charge in [-0.25, -0.2) is 0 Å². The van der Waals surface area contributed by atoms with Gasteiger partial charge in [-0.05, 0) is 11.6 Å². The Bertz CT molecular complexity index is 383. The molecule has 0 spiro atoms. The number of carboxylic acids is 1. The fourth-order valence-electron chi connectivity index (χ4n) is 1.92. The van der Waals surface area contributed by atoms with Crippen molar-refractivity contribution in [3.8, 4) is 0 Å². The van der Waals surface area contributed by atoms with Crippen molar-refractivity contribution >= 4 is 17.6 Å². The van der Waals surface area contributed by atoms with Crippen molar-refractivity contribution < 1.29 is 9.90 Å². The van der Waals surface area contributed by atoms with Gasteiger partial charge in [-0.3, -0.25) is 9.78 Å². The lowest BCUT2D eigenvalue weighted by Crippen LogP contribution is -2.21. The summed E-state index contributed by atoms with van der Waals surface area (Å²) in [6.07, 6.45) is 3.22. The molecule has 0 amide bonds. The minimum absolute atomic E-state index is 0.0336. The van der Waals surface area contributed by atoms with E-state index in [1.165, 1.54) is 0 Å². The van der Waals surface area contributed by atoms with Crippen molar-refractivity contribution in [2.45, 2.75) is 5.92 Å². The molecule has 1 aromatic rings. The molecule has 2 rings (SSSR count). The number of carboxylic acid groups (broad SMARTS) is 1. The second-order valence-electron chi connectivity index (χ2n) is 3.65. The van der Waals surface area contributed by atoms with E-state index in [1.807, 2.05) is 0 Å². The first-order valence-corrected chi connectivity index (χ1v) is 5.10. The van der Waals surface area contributed by atoms with E-state index in [0.29, 0.717) is 18.1 Å². The molecule has 2 atom stereocenters. The summed E-state index contributed by atoms with van der Waals surface area (Å²) in [5, 5.41) is 12.6. The van der Waals surface area contributed by atoms with Gasteiger partial charge in [0, 0.05) is 31.4 Å². The van der Waals surface area contributed by atoms with Gasteiger partial charge in [0.25, 0.3) is 0 Å². The molecule has 1 aliphatic heterocycles. The normalized spacial score (nSPS) is 25.4. The van der Waals surface area contributed by atoms with Crippen LogP contribution >= 0.6 is 11.6 Å². The average molecular weight is 227 g/mol. The van der Waals surface area contributed by atoms with E-state index >= 15 is 0 Å². The van der Waals surface area contributed by atoms with E-state index in [-0.39, 0.29) is 11.8 Å². The monoisotopic (exact) mass is 226 g/mol.